The first-order valence-electron chi connectivity index (χ1n) is 14.4. The summed E-state index contributed by atoms with van der Waals surface area (Å²) in [6.07, 6.45) is 8.86. The smallest absolute Gasteiger partial charge is 0.144 e. The van der Waals surface area contributed by atoms with Crippen molar-refractivity contribution < 1.29 is 23.7 Å². The molecule has 0 saturated carbocycles. The third kappa shape index (κ3) is 7.67. The molecule has 2 N–H and O–H groups in total. The lowest BCUT2D eigenvalue weighted by molar-refractivity contribution is -0.173. The molecule has 2 aromatic rings. The van der Waals surface area contributed by atoms with Gasteiger partial charge >= 0.3 is 0 Å². The maximum absolute atomic E-state index is 6.99. The number of ether oxygens (including phenoxy) is 5. The van der Waals surface area contributed by atoms with E-state index in [0.29, 0.717) is 45.3 Å². The van der Waals surface area contributed by atoms with Gasteiger partial charge in [-0.1, -0.05) is 53.4 Å². The van der Waals surface area contributed by atoms with Crippen LogP contribution in [0, 0.1) is 0 Å². The third-order valence-corrected chi connectivity index (χ3v) is 6.97. The molecule has 3 atom stereocenters. The van der Waals surface area contributed by atoms with E-state index in [2.05, 4.69) is 32.8 Å². The Labute approximate surface area is 223 Å². The number of nitrogens with zero attached hydrogens (tertiary/aromatic N) is 2. The van der Waals surface area contributed by atoms with Crippen LogP contribution in [0.4, 0.5) is 5.69 Å². The Bertz CT molecular complexity index is 893. The third-order valence-electron chi connectivity index (χ3n) is 6.97. The molecule has 0 bridgehead atoms. The average molecular weight is 520 g/mol. The van der Waals surface area contributed by atoms with E-state index in [1.54, 1.807) is 6.20 Å². The molecular formula is C29H49N3O5. The van der Waals surface area contributed by atoms with Crippen LogP contribution in [0.3, 0.4) is 0 Å². The highest BCUT2D eigenvalue weighted by molar-refractivity contribution is 5.69. The molecule has 1 aliphatic rings. The van der Waals surface area contributed by atoms with Gasteiger partial charge in [0.2, 0.25) is 0 Å². The van der Waals surface area contributed by atoms with Crippen LogP contribution < -0.4 is 5.73 Å². The van der Waals surface area contributed by atoms with Crippen molar-refractivity contribution in [1.82, 2.24) is 9.61 Å². The van der Waals surface area contributed by atoms with Gasteiger partial charge in [0.25, 0.3) is 0 Å². The van der Waals surface area contributed by atoms with E-state index in [1.807, 2.05) is 22.7 Å². The van der Waals surface area contributed by atoms with Gasteiger partial charge in [-0.3, -0.25) is 0 Å². The van der Waals surface area contributed by atoms with Gasteiger partial charge in [-0.05, 0) is 43.9 Å². The van der Waals surface area contributed by atoms with Gasteiger partial charge in [0, 0.05) is 32.6 Å². The van der Waals surface area contributed by atoms with E-state index in [4.69, 9.17) is 29.4 Å². The first kappa shape index (κ1) is 29.8. The molecule has 8 nitrogen and oxygen atoms in total. The summed E-state index contributed by atoms with van der Waals surface area (Å²) in [5.41, 5.74) is 7.89. The summed E-state index contributed by atoms with van der Waals surface area (Å²) in [6.45, 7) is 12.1. The maximum atomic E-state index is 6.99. The Morgan fingerprint density at radius 2 is 1.43 bits per heavy atom. The molecule has 210 valence electrons. The highest BCUT2D eigenvalue weighted by atomic mass is 16.6. The highest BCUT2D eigenvalue weighted by Gasteiger charge is 2.58. The lowest BCUT2D eigenvalue weighted by Gasteiger charge is -2.35. The molecule has 0 spiro atoms. The summed E-state index contributed by atoms with van der Waals surface area (Å²) in [5.74, 6) is 0. The summed E-state index contributed by atoms with van der Waals surface area (Å²) >= 11 is 0. The van der Waals surface area contributed by atoms with Crippen molar-refractivity contribution in [1.29, 1.82) is 0 Å². The van der Waals surface area contributed by atoms with Crippen molar-refractivity contribution in [3.63, 3.8) is 0 Å². The summed E-state index contributed by atoms with van der Waals surface area (Å²) < 4.78 is 34.5. The highest BCUT2D eigenvalue weighted by Crippen LogP contribution is 2.44. The van der Waals surface area contributed by atoms with Crippen LogP contribution in [0.5, 0.6) is 0 Å². The van der Waals surface area contributed by atoms with Crippen LogP contribution >= 0.6 is 0 Å². The molecule has 0 aromatic carbocycles. The molecule has 0 aliphatic carbocycles. The fraction of sp³-hybridized carbons (Fsp3) is 0.759. The Morgan fingerprint density at radius 1 is 0.838 bits per heavy atom. The van der Waals surface area contributed by atoms with E-state index >= 15 is 0 Å². The fourth-order valence-electron chi connectivity index (χ4n) is 4.74. The summed E-state index contributed by atoms with van der Waals surface area (Å²) in [6, 6.07) is 5.84. The summed E-state index contributed by atoms with van der Waals surface area (Å²) in [4.78, 5) is 0. The van der Waals surface area contributed by atoms with Crippen molar-refractivity contribution in [2.24, 2.45) is 0 Å². The SMILES string of the molecule is CCCCOCC1(COCCCC)OC(c2ccc3c(N)ccnn23)[C@H](OCCCC)[C@@H]1OCCCC. The minimum absolute atomic E-state index is 0.325. The van der Waals surface area contributed by atoms with Crippen molar-refractivity contribution in [2.45, 2.75) is 103 Å². The molecule has 1 fully saturated rings. The van der Waals surface area contributed by atoms with Crippen LogP contribution in [0.1, 0.15) is 90.9 Å². The van der Waals surface area contributed by atoms with Gasteiger partial charge in [0.05, 0.1) is 30.1 Å². The second-order valence-corrected chi connectivity index (χ2v) is 10.1. The zero-order valence-corrected chi connectivity index (χ0v) is 23.5. The Kier molecular flexibility index (Phi) is 12.6. The van der Waals surface area contributed by atoms with E-state index in [1.165, 1.54) is 0 Å². The van der Waals surface area contributed by atoms with Crippen LogP contribution in [-0.2, 0) is 23.7 Å². The Morgan fingerprint density at radius 3 is 2.05 bits per heavy atom. The first-order valence-corrected chi connectivity index (χ1v) is 14.4. The standard InChI is InChI=1S/C29H49N3O5/c1-5-9-17-33-21-29(22-34-18-10-6-2)28(36-20-12-8-4)27(35-19-11-7-3)26(37-29)25-14-13-24-23(30)15-16-31-32(24)25/h13-16,26-28H,5-12,17-22,30H2,1-4H3/t26?,27-,28-/m0/s1. The van der Waals surface area contributed by atoms with Crippen LogP contribution in [0.15, 0.2) is 24.4 Å². The molecule has 1 saturated heterocycles. The minimum atomic E-state index is -0.790. The van der Waals surface area contributed by atoms with Crippen molar-refractivity contribution in [3.8, 4) is 0 Å². The molecule has 1 unspecified atom stereocenters. The average Bonchev–Trinajstić information content (AvgIpc) is 3.46. The molecule has 8 heteroatoms. The number of rotatable bonds is 19. The predicted octanol–water partition coefficient (Wildman–Crippen LogP) is 5.73. The molecule has 0 radical (unpaired) electrons. The van der Waals surface area contributed by atoms with E-state index in [0.717, 1.165) is 62.6 Å². The van der Waals surface area contributed by atoms with Crippen LogP contribution in [0.2, 0.25) is 0 Å². The first-order chi connectivity index (χ1) is 18.1. The van der Waals surface area contributed by atoms with Gasteiger partial charge in [-0.2, -0.15) is 5.10 Å². The number of nitrogens with two attached hydrogens (primary N) is 1. The monoisotopic (exact) mass is 519 g/mol. The van der Waals surface area contributed by atoms with Crippen molar-refractivity contribution in [2.75, 3.05) is 45.4 Å². The Balaban J connectivity index is 2.00. The van der Waals surface area contributed by atoms with Gasteiger partial charge < -0.3 is 29.4 Å². The van der Waals surface area contributed by atoms with Gasteiger partial charge in [-0.25, -0.2) is 4.52 Å². The second-order valence-electron chi connectivity index (χ2n) is 10.1. The normalized spacial score (nSPS) is 21.2. The second kappa shape index (κ2) is 15.6. The van der Waals surface area contributed by atoms with Gasteiger partial charge in [-0.15, -0.1) is 0 Å². The number of aromatic nitrogens is 2. The maximum Gasteiger partial charge on any atom is 0.144 e. The topological polar surface area (TPSA) is 89.5 Å². The lowest BCUT2D eigenvalue weighted by Crippen LogP contribution is -2.52. The van der Waals surface area contributed by atoms with E-state index in [9.17, 15) is 0 Å². The number of hydrogen-bond donors (Lipinski definition) is 1. The van der Waals surface area contributed by atoms with Crippen molar-refractivity contribution in [3.05, 3.63) is 30.1 Å². The van der Waals surface area contributed by atoms with Gasteiger partial charge in [0.15, 0.2) is 0 Å². The quantitative estimate of drug-likeness (QED) is 0.237. The molecule has 2 aromatic heterocycles. The lowest BCUT2D eigenvalue weighted by atomic mass is 9.94. The number of nitrogen functional groups attached to an aromatic ring is 1. The fourth-order valence-corrected chi connectivity index (χ4v) is 4.74. The number of unbranched alkanes of at least 4 members (excludes halogenated alkanes) is 4. The summed E-state index contributed by atoms with van der Waals surface area (Å²) in [7, 11) is 0. The zero-order chi connectivity index (χ0) is 26.5. The van der Waals surface area contributed by atoms with E-state index < -0.39 is 11.7 Å². The molecule has 3 heterocycles. The molecule has 3 rings (SSSR count). The van der Waals surface area contributed by atoms with E-state index in [-0.39, 0.29) is 12.2 Å². The number of fused-ring (bicyclic) bond motifs is 1. The van der Waals surface area contributed by atoms with Crippen LogP contribution in [0.25, 0.3) is 5.52 Å². The molecule has 37 heavy (non-hydrogen) atoms. The molecule has 0 amide bonds. The van der Waals surface area contributed by atoms with Crippen LogP contribution in [-0.4, -0.2) is 67.1 Å². The van der Waals surface area contributed by atoms with Crippen molar-refractivity contribution >= 4 is 11.2 Å². The predicted molar refractivity (Wildman–Crippen MR) is 147 cm³/mol. The Hall–Kier alpha value is -1.71. The summed E-state index contributed by atoms with van der Waals surface area (Å²) in [5, 5.41) is 4.60. The minimum Gasteiger partial charge on any atom is -0.397 e. The zero-order valence-electron chi connectivity index (χ0n) is 23.5. The largest absolute Gasteiger partial charge is 0.397 e. The number of anilines is 1. The molecular weight excluding hydrogens is 470 g/mol. The number of hydrogen-bond acceptors (Lipinski definition) is 7. The van der Waals surface area contributed by atoms with Gasteiger partial charge in [0.1, 0.15) is 23.9 Å². The molecule has 1 aliphatic heterocycles.